The highest BCUT2D eigenvalue weighted by Crippen LogP contribution is 2.15. The van der Waals surface area contributed by atoms with Crippen molar-refractivity contribution in [2.45, 2.75) is 32.2 Å². The van der Waals surface area contributed by atoms with Gasteiger partial charge in [-0.05, 0) is 29.2 Å². The molecule has 0 saturated heterocycles. The molecular formula is C19H21NO3. The van der Waals surface area contributed by atoms with E-state index in [9.17, 15) is 14.7 Å². The highest BCUT2D eigenvalue weighted by atomic mass is 16.4. The first kappa shape index (κ1) is 16.7. The highest BCUT2D eigenvalue weighted by molar-refractivity contribution is 5.96. The number of hydrogen-bond acceptors (Lipinski definition) is 2. The van der Waals surface area contributed by atoms with Gasteiger partial charge in [0.15, 0.2) is 0 Å². The van der Waals surface area contributed by atoms with Crippen LogP contribution in [0.1, 0.15) is 41.3 Å². The Labute approximate surface area is 136 Å². The number of benzene rings is 2. The van der Waals surface area contributed by atoms with Crippen LogP contribution in [0.5, 0.6) is 0 Å². The summed E-state index contributed by atoms with van der Waals surface area (Å²) in [5.74, 6) is -1.03. The van der Waals surface area contributed by atoms with E-state index in [0.29, 0.717) is 11.5 Å². The number of hydrogen-bond donors (Lipinski definition) is 2. The number of carboxylic acid groups (broad SMARTS) is 1. The van der Waals surface area contributed by atoms with E-state index in [1.165, 1.54) is 0 Å². The van der Waals surface area contributed by atoms with Crippen LogP contribution in [0, 0.1) is 0 Å². The van der Waals surface area contributed by atoms with E-state index in [-0.39, 0.29) is 12.3 Å². The maximum Gasteiger partial charge on any atom is 0.326 e. The van der Waals surface area contributed by atoms with Crippen LogP contribution in [0.3, 0.4) is 0 Å². The van der Waals surface area contributed by atoms with E-state index in [1.54, 1.807) is 12.1 Å². The van der Waals surface area contributed by atoms with E-state index >= 15 is 0 Å². The van der Waals surface area contributed by atoms with Crippen LogP contribution in [0.25, 0.3) is 0 Å². The van der Waals surface area contributed by atoms with Gasteiger partial charge in [0.2, 0.25) is 0 Å². The second-order valence-electron chi connectivity index (χ2n) is 5.83. The average Bonchev–Trinajstić information content (AvgIpc) is 2.55. The van der Waals surface area contributed by atoms with Crippen molar-refractivity contribution in [1.29, 1.82) is 0 Å². The topological polar surface area (TPSA) is 66.4 Å². The molecule has 0 radical (unpaired) electrons. The monoisotopic (exact) mass is 311 g/mol. The van der Waals surface area contributed by atoms with E-state index in [0.717, 1.165) is 11.1 Å². The largest absolute Gasteiger partial charge is 0.480 e. The van der Waals surface area contributed by atoms with Gasteiger partial charge in [0, 0.05) is 12.0 Å². The Balaban J connectivity index is 2.07. The summed E-state index contributed by atoms with van der Waals surface area (Å²) in [6, 6.07) is 15.6. The lowest BCUT2D eigenvalue weighted by molar-refractivity contribution is -0.139. The van der Waals surface area contributed by atoms with Crippen LogP contribution < -0.4 is 5.32 Å². The van der Waals surface area contributed by atoms with E-state index in [2.05, 4.69) is 19.2 Å². The van der Waals surface area contributed by atoms with E-state index in [1.807, 2.05) is 42.5 Å². The predicted molar refractivity (Wildman–Crippen MR) is 89.6 cm³/mol. The lowest BCUT2D eigenvalue weighted by Crippen LogP contribution is -2.42. The van der Waals surface area contributed by atoms with Crippen LogP contribution in [0.2, 0.25) is 0 Å². The van der Waals surface area contributed by atoms with Gasteiger partial charge in [0.1, 0.15) is 6.04 Å². The summed E-state index contributed by atoms with van der Waals surface area (Å²) in [4.78, 5) is 23.7. The lowest BCUT2D eigenvalue weighted by Gasteiger charge is -2.15. The van der Waals surface area contributed by atoms with Gasteiger partial charge in [-0.15, -0.1) is 0 Å². The number of carbonyl (C=O) groups is 2. The van der Waals surface area contributed by atoms with Crippen LogP contribution >= 0.6 is 0 Å². The molecule has 4 heteroatoms. The molecule has 0 bridgehead atoms. The van der Waals surface area contributed by atoms with Crippen molar-refractivity contribution >= 4 is 11.9 Å². The zero-order valence-electron chi connectivity index (χ0n) is 13.3. The normalized spacial score (nSPS) is 12.0. The summed E-state index contributed by atoms with van der Waals surface area (Å²) in [5.41, 5.74) is 2.48. The Hall–Kier alpha value is -2.62. The molecule has 2 N–H and O–H groups in total. The molecule has 0 aliphatic rings. The van der Waals surface area contributed by atoms with Crippen molar-refractivity contribution in [3.05, 3.63) is 71.3 Å². The first-order valence-electron chi connectivity index (χ1n) is 7.65. The lowest BCUT2D eigenvalue weighted by atomic mass is 10.0. The number of carboxylic acids is 1. The second-order valence-corrected chi connectivity index (χ2v) is 5.83. The molecule has 2 aromatic carbocycles. The fraction of sp³-hybridized carbons (Fsp3) is 0.263. The van der Waals surface area contributed by atoms with Crippen molar-refractivity contribution in [3.8, 4) is 0 Å². The van der Waals surface area contributed by atoms with Gasteiger partial charge in [-0.25, -0.2) is 4.79 Å². The Bertz CT molecular complexity index is 663. The molecule has 0 heterocycles. The van der Waals surface area contributed by atoms with Gasteiger partial charge in [-0.2, -0.15) is 0 Å². The SMILES string of the molecule is CC(C)c1ccc(C(=O)N[C@@H](Cc2ccccc2)C(=O)O)cc1. The maximum atomic E-state index is 12.3. The number of rotatable bonds is 6. The molecule has 1 amide bonds. The van der Waals surface area contributed by atoms with E-state index in [4.69, 9.17) is 0 Å². The standard InChI is InChI=1S/C19H21NO3/c1-13(2)15-8-10-16(11-9-15)18(21)20-17(19(22)23)12-14-6-4-3-5-7-14/h3-11,13,17H,12H2,1-2H3,(H,20,21)(H,22,23)/t17-/m0/s1. The molecule has 120 valence electrons. The molecule has 2 aromatic rings. The predicted octanol–water partition coefficient (Wildman–Crippen LogP) is 3.24. The molecule has 0 fully saturated rings. The molecule has 0 aromatic heterocycles. The molecule has 23 heavy (non-hydrogen) atoms. The third kappa shape index (κ3) is 4.68. The number of aliphatic carboxylic acids is 1. The summed E-state index contributed by atoms with van der Waals surface area (Å²) in [5, 5.41) is 11.9. The van der Waals surface area contributed by atoms with Crippen molar-refractivity contribution < 1.29 is 14.7 Å². The second kappa shape index (κ2) is 7.58. The molecular weight excluding hydrogens is 290 g/mol. The summed E-state index contributed by atoms with van der Waals surface area (Å²) in [7, 11) is 0. The number of nitrogens with one attached hydrogen (secondary N) is 1. The summed E-state index contributed by atoms with van der Waals surface area (Å²) >= 11 is 0. The molecule has 4 nitrogen and oxygen atoms in total. The minimum Gasteiger partial charge on any atom is -0.480 e. The van der Waals surface area contributed by atoms with Gasteiger partial charge < -0.3 is 10.4 Å². The summed E-state index contributed by atoms with van der Waals surface area (Å²) in [6.07, 6.45) is 0.256. The minimum atomic E-state index is -1.04. The van der Waals surface area contributed by atoms with E-state index < -0.39 is 12.0 Å². The fourth-order valence-electron chi connectivity index (χ4n) is 2.31. The van der Waals surface area contributed by atoms with Crippen LogP contribution in [-0.2, 0) is 11.2 Å². The molecule has 0 saturated carbocycles. The average molecular weight is 311 g/mol. The van der Waals surface area contributed by atoms with Gasteiger partial charge in [-0.3, -0.25) is 4.79 Å². The molecule has 0 aliphatic carbocycles. The highest BCUT2D eigenvalue weighted by Gasteiger charge is 2.21. The minimum absolute atomic E-state index is 0.256. The van der Waals surface area contributed by atoms with Gasteiger partial charge in [0.05, 0.1) is 0 Å². The van der Waals surface area contributed by atoms with Gasteiger partial charge >= 0.3 is 5.97 Å². The van der Waals surface area contributed by atoms with Crippen molar-refractivity contribution in [2.75, 3.05) is 0 Å². The smallest absolute Gasteiger partial charge is 0.326 e. The zero-order chi connectivity index (χ0) is 16.8. The molecule has 0 aliphatic heterocycles. The Kier molecular flexibility index (Phi) is 5.52. The summed E-state index contributed by atoms with van der Waals surface area (Å²) in [6.45, 7) is 4.16. The maximum absolute atomic E-state index is 12.3. The molecule has 2 rings (SSSR count). The van der Waals surface area contributed by atoms with Crippen molar-refractivity contribution in [1.82, 2.24) is 5.32 Å². The first-order chi connectivity index (χ1) is 11.0. The third-order valence-corrected chi connectivity index (χ3v) is 3.73. The number of amides is 1. The zero-order valence-corrected chi connectivity index (χ0v) is 13.3. The molecule has 1 atom stereocenters. The number of carbonyl (C=O) groups excluding carboxylic acids is 1. The Morgan fingerprint density at radius 2 is 1.61 bits per heavy atom. The van der Waals surface area contributed by atoms with Gasteiger partial charge in [0.25, 0.3) is 5.91 Å². The fourth-order valence-corrected chi connectivity index (χ4v) is 2.31. The Morgan fingerprint density at radius 3 is 2.13 bits per heavy atom. The van der Waals surface area contributed by atoms with Crippen LogP contribution in [-0.4, -0.2) is 23.0 Å². The third-order valence-electron chi connectivity index (χ3n) is 3.73. The van der Waals surface area contributed by atoms with Crippen LogP contribution in [0.15, 0.2) is 54.6 Å². The van der Waals surface area contributed by atoms with Gasteiger partial charge in [-0.1, -0.05) is 56.3 Å². The molecule has 0 unspecified atom stereocenters. The molecule has 0 spiro atoms. The van der Waals surface area contributed by atoms with Crippen LogP contribution in [0.4, 0.5) is 0 Å². The Morgan fingerprint density at radius 1 is 1.00 bits per heavy atom. The quantitative estimate of drug-likeness (QED) is 0.860. The first-order valence-corrected chi connectivity index (χ1v) is 7.65. The summed E-state index contributed by atoms with van der Waals surface area (Å²) < 4.78 is 0. The van der Waals surface area contributed by atoms with Crippen molar-refractivity contribution in [3.63, 3.8) is 0 Å². The van der Waals surface area contributed by atoms with Crippen molar-refractivity contribution in [2.24, 2.45) is 0 Å².